The molecule has 3 heterocycles. The molecular formula is C20H26N4O. The smallest absolute Gasteiger partial charge is 0.125 e. The fourth-order valence-corrected chi connectivity index (χ4v) is 3.51. The molecule has 1 fully saturated rings. The molecule has 0 radical (unpaired) electrons. The number of hydrogen-bond acceptors (Lipinski definition) is 5. The summed E-state index contributed by atoms with van der Waals surface area (Å²) in [5.74, 6) is 1.93. The van der Waals surface area contributed by atoms with Gasteiger partial charge in [0.15, 0.2) is 0 Å². The fourth-order valence-electron chi connectivity index (χ4n) is 3.51. The molecule has 0 amide bonds. The molecule has 2 aromatic rings. The first-order chi connectivity index (χ1) is 12.4. The zero-order valence-electron chi connectivity index (χ0n) is 14.6. The number of ether oxygens (including phenoxy) is 1. The molecule has 5 heteroatoms. The average Bonchev–Trinajstić information content (AvgIpc) is 3.05. The van der Waals surface area contributed by atoms with Gasteiger partial charge < -0.3 is 20.3 Å². The minimum absolute atomic E-state index is 0.728. The quantitative estimate of drug-likeness (QED) is 0.878. The molecule has 0 aliphatic carbocycles. The Balaban J connectivity index is 1.38. The Labute approximate surface area is 149 Å². The molecular weight excluding hydrogens is 312 g/mol. The summed E-state index contributed by atoms with van der Waals surface area (Å²) in [5, 5.41) is 6.81. The molecule has 1 aromatic heterocycles. The highest BCUT2D eigenvalue weighted by molar-refractivity contribution is 5.66. The highest BCUT2D eigenvalue weighted by Crippen LogP contribution is 2.27. The highest BCUT2D eigenvalue weighted by atomic mass is 16.5. The van der Waals surface area contributed by atoms with Gasteiger partial charge in [-0.05, 0) is 55.8 Å². The lowest BCUT2D eigenvalue weighted by atomic mass is 10.0. The number of aromatic nitrogens is 1. The van der Waals surface area contributed by atoms with Gasteiger partial charge in [0.25, 0.3) is 0 Å². The van der Waals surface area contributed by atoms with E-state index in [0.29, 0.717) is 0 Å². The maximum Gasteiger partial charge on any atom is 0.125 e. The van der Waals surface area contributed by atoms with Crippen LogP contribution < -0.4 is 15.4 Å². The minimum atomic E-state index is 0.728. The van der Waals surface area contributed by atoms with Crippen molar-refractivity contribution in [3.8, 4) is 16.9 Å². The SMILES string of the molecule is c1cc(NCCN2CCCC2)ncc1-c1ccc2c(c1)CNCCO2. The molecule has 0 atom stereocenters. The standard InChI is InChI=1S/C20H26N4O/c1-2-10-24(9-1)11-7-22-20-6-4-17(15-23-20)16-3-5-19-18(13-16)14-21-8-12-25-19/h3-6,13,15,21H,1-2,7-12,14H2,(H,22,23). The number of benzene rings is 1. The van der Waals surface area contributed by atoms with Crippen LogP contribution in [0.1, 0.15) is 18.4 Å². The van der Waals surface area contributed by atoms with Crippen LogP contribution >= 0.6 is 0 Å². The van der Waals surface area contributed by atoms with Crippen molar-refractivity contribution in [2.45, 2.75) is 19.4 Å². The predicted molar refractivity (Wildman–Crippen MR) is 101 cm³/mol. The fraction of sp³-hybridized carbons (Fsp3) is 0.450. The summed E-state index contributed by atoms with van der Waals surface area (Å²) in [6.07, 6.45) is 4.63. The molecule has 1 saturated heterocycles. The molecule has 4 rings (SSSR count). The van der Waals surface area contributed by atoms with E-state index >= 15 is 0 Å². The zero-order chi connectivity index (χ0) is 16.9. The predicted octanol–water partition coefficient (Wildman–Crippen LogP) is 2.74. The third kappa shape index (κ3) is 4.11. The van der Waals surface area contributed by atoms with Gasteiger partial charge in [-0.25, -0.2) is 4.98 Å². The van der Waals surface area contributed by atoms with Crippen molar-refractivity contribution in [2.75, 3.05) is 44.6 Å². The lowest BCUT2D eigenvalue weighted by molar-refractivity contribution is 0.326. The van der Waals surface area contributed by atoms with E-state index in [1.165, 1.54) is 37.1 Å². The number of anilines is 1. The van der Waals surface area contributed by atoms with Crippen molar-refractivity contribution in [2.24, 2.45) is 0 Å². The molecule has 0 unspecified atom stereocenters. The van der Waals surface area contributed by atoms with E-state index in [-0.39, 0.29) is 0 Å². The monoisotopic (exact) mass is 338 g/mol. The topological polar surface area (TPSA) is 49.4 Å². The first-order valence-corrected chi connectivity index (χ1v) is 9.27. The lowest BCUT2D eigenvalue weighted by Gasteiger charge is -2.15. The molecule has 132 valence electrons. The summed E-state index contributed by atoms with van der Waals surface area (Å²) in [4.78, 5) is 7.08. The van der Waals surface area contributed by atoms with Gasteiger partial charge in [-0.3, -0.25) is 0 Å². The Morgan fingerprint density at radius 2 is 2.00 bits per heavy atom. The van der Waals surface area contributed by atoms with E-state index in [9.17, 15) is 0 Å². The first kappa shape index (κ1) is 16.4. The summed E-state index contributed by atoms with van der Waals surface area (Å²) < 4.78 is 5.75. The van der Waals surface area contributed by atoms with Crippen LogP contribution in [0.25, 0.3) is 11.1 Å². The van der Waals surface area contributed by atoms with E-state index in [0.717, 1.165) is 49.9 Å². The minimum Gasteiger partial charge on any atom is -0.492 e. The summed E-state index contributed by atoms with van der Waals surface area (Å²) in [7, 11) is 0. The summed E-state index contributed by atoms with van der Waals surface area (Å²) in [6, 6.07) is 10.6. The van der Waals surface area contributed by atoms with Crippen LogP contribution in [0.4, 0.5) is 5.82 Å². The largest absolute Gasteiger partial charge is 0.492 e. The van der Waals surface area contributed by atoms with Crippen molar-refractivity contribution in [3.05, 3.63) is 42.1 Å². The molecule has 2 aliphatic heterocycles. The van der Waals surface area contributed by atoms with E-state index in [4.69, 9.17) is 4.74 Å². The second-order valence-electron chi connectivity index (χ2n) is 6.76. The lowest BCUT2D eigenvalue weighted by Crippen LogP contribution is -2.26. The summed E-state index contributed by atoms with van der Waals surface area (Å²) in [5.41, 5.74) is 3.53. The molecule has 0 spiro atoms. The maximum atomic E-state index is 5.75. The Morgan fingerprint density at radius 3 is 2.84 bits per heavy atom. The molecule has 1 aromatic carbocycles. The van der Waals surface area contributed by atoms with E-state index in [1.807, 2.05) is 6.20 Å². The number of likely N-dealkylation sites (tertiary alicyclic amines) is 1. The Hall–Kier alpha value is -2.11. The molecule has 2 aliphatic rings. The van der Waals surface area contributed by atoms with E-state index < -0.39 is 0 Å². The van der Waals surface area contributed by atoms with Gasteiger partial charge in [-0.2, -0.15) is 0 Å². The van der Waals surface area contributed by atoms with Crippen molar-refractivity contribution in [1.29, 1.82) is 0 Å². The van der Waals surface area contributed by atoms with Crippen LogP contribution in [0.3, 0.4) is 0 Å². The van der Waals surface area contributed by atoms with Gasteiger partial charge in [-0.15, -0.1) is 0 Å². The highest BCUT2D eigenvalue weighted by Gasteiger charge is 2.11. The van der Waals surface area contributed by atoms with Crippen molar-refractivity contribution in [3.63, 3.8) is 0 Å². The molecule has 5 nitrogen and oxygen atoms in total. The van der Waals surface area contributed by atoms with Crippen LogP contribution in [0.2, 0.25) is 0 Å². The second-order valence-corrected chi connectivity index (χ2v) is 6.76. The van der Waals surface area contributed by atoms with E-state index in [2.05, 4.69) is 50.8 Å². The Kier molecular flexibility index (Phi) is 5.14. The van der Waals surface area contributed by atoms with Crippen molar-refractivity contribution >= 4 is 5.82 Å². The molecule has 0 saturated carbocycles. The van der Waals surface area contributed by atoms with Crippen LogP contribution in [0.15, 0.2) is 36.5 Å². The summed E-state index contributed by atoms with van der Waals surface area (Å²) in [6.45, 7) is 7.01. The number of hydrogen-bond donors (Lipinski definition) is 2. The number of fused-ring (bicyclic) bond motifs is 1. The zero-order valence-corrected chi connectivity index (χ0v) is 14.6. The third-order valence-electron chi connectivity index (χ3n) is 4.94. The Morgan fingerprint density at radius 1 is 1.12 bits per heavy atom. The van der Waals surface area contributed by atoms with Crippen LogP contribution in [0, 0.1) is 0 Å². The van der Waals surface area contributed by atoms with Crippen LogP contribution in [0.5, 0.6) is 5.75 Å². The molecule has 0 bridgehead atoms. The first-order valence-electron chi connectivity index (χ1n) is 9.27. The second kappa shape index (κ2) is 7.85. The molecule has 25 heavy (non-hydrogen) atoms. The van der Waals surface area contributed by atoms with Gasteiger partial charge in [0, 0.05) is 43.5 Å². The Bertz CT molecular complexity index is 695. The van der Waals surface area contributed by atoms with Gasteiger partial charge in [0.2, 0.25) is 0 Å². The van der Waals surface area contributed by atoms with Gasteiger partial charge in [0.1, 0.15) is 18.2 Å². The van der Waals surface area contributed by atoms with Crippen LogP contribution in [-0.2, 0) is 6.54 Å². The van der Waals surface area contributed by atoms with Gasteiger partial charge >= 0.3 is 0 Å². The molecule has 2 N–H and O–H groups in total. The summed E-state index contributed by atoms with van der Waals surface area (Å²) >= 11 is 0. The number of rotatable bonds is 5. The van der Waals surface area contributed by atoms with E-state index in [1.54, 1.807) is 0 Å². The maximum absolute atomic E-state index is 5.75. The number of nitrogens with one attached hydrogen (secondary N) is 2. The normalized spacial score (nSPS) is 17.6. The number of nitrogens with zero attached hydrogens (tertiary/aromatic N) is 2. The van der Waals surface area contributed by atoms with Crippen LogP contribution in [-0.4, -0.2) is 49.2 Å². The van der Waals surface area contributed by atoms with Crippen molar-refractivity contribution < 1.29 is 4.74 Å². The third-order valence-corrected chi connectivity index (χ3v) is 4.94. The van der Waals surface area contributed by atoms with Gasteiger partial charge in [-0.1, -0.05) is 6.07 Å². The average molecular weight is 338 g/mol. The number of pyridine rings is 1. The van der Waals surface area contributed by atoms with Gasteiger partial charge in [0.05, 0.1) is 0 Å². The van der Waals surface area contributed by atoms with Crippen molar-refractivity contribution in [1.82, 2.24) is 15.2 Å².